The van der Waals surface area contributed by atoms with Gasteiger partial charge in [0.2, 0.25) is 0 Å². The molecule has 0 spiro atoms. The summed E-state index contributed by atoms with van der Waals surface area (Å²) in [6, 6.07) is 5.01. The molecule has 106 valence electrons. The van der Waals surface area contributed by atoms with Gasteiger partial charge in [-0.05, 0) is 44.9 Å². The first-order valence-corrected chi connectivity index (χ1v) is 7.76. The molecule has 1 aliphatic heterocycles. The first kappa shape index (κ1) is 14.3. The highest BCUT2D eigenvalue weighted by Crippen LogP contribution is 2.23. The summed E-state index contributed by atoms with van der Waals surface area (Å²) in [7, 11) is 0. The van der Waals surface area contributed by atoms with Crippen molar-refractivity contribution in [3.8, 4) is 0 Å². The van der Waals surface area contributed by atoms with Crippen LogP contribution in [0.5, 0.6) is 0 Å². The van der Waals surface area contributed by atoms with Crippen molar-refractivity contribution in [1.82, 2.24) is 9.88 Å². The first-order chi connectivity index (χ1) is 9.33. The number of nitrogens with zero attached hydrogens (tertiary/aromatic N) is 2. The van der Waals surface area contributed by atoms with Crippen LogP contribution in [0.25, 0.3) is 0 Å². The lowest BCUT2D eigenvalue weighted by molar-refractivity contribution is 0.130. The predicted octanol–water partition coefficient (Wildman–Crippen LogP) is 3.67. The molecule has 1 N–H and O–H groups in total. The van der Waals surface area contributed by atoms with Gasteiger partial charge in [-0.2, -0.15) is 0 Å². The van der Waals surface area contributed by atoms with E-state index in [1.54, 1.807) is 0 Å². The molecule has 0 radical (unpaired) electrons. The van der Waals surface area contributed by atoms with Crippen molar-refractivity contribution in [3.05, 3.63) is 24.0 Å². The topological polar surface area (TPSA) is 28.2 Å². The minimum atomic E-state index is 0.767. The van der Waals surface area contributed by atoms with E-state index in [1.165, 1.54) is 50.0 Å². The van der Waals surface area contributed by atoms with Gasteiger partial charge in [0.25, 0.3) is 0 Å². The number of hydrogen-bond acceptors (Lipinski definition) is 3. The van der Waals surface area contributed by atoms with Gasteiger partial charge < -0.3 is 5.32 Å². The monoisotopic (exact) mass is 261 g/mol. The Morgan fingerprint density at radius 2 is 2.26 bits per heavy atom. The molecule has 1 atom stereocenters. The average molecular weight is 261 g/mol. The fourth-order valence-electron chi connectivity index (χ4n) is 3.02. The van der Waals surface area contributed by atoms with Crippen LogP contribution in [0.4, 0.5) is 5.69 Å². The van der Waals surface area contributed by atoms with E-state index < -0.39 is 0 Å². The molecule has 2 heterocycles. The van der Waals surface area contributed by atoms with E-state index in [0.29, 0.717) is 0 Å². The minimum absolute atomic E-state index is 0.767. The van der Waals surface area contributed by atoms with E-state index in [-0.39, 0.29) is 0 Å². The van der Waals surface area contributed by atoms with Gasteiger partial charge in [0.05, 0.1) is 5.69 Å². The smallest absolute Gasteiger partial charge is 0.0564 e. The third-order valence-electron chi connectivity index (χ3n) is 3.93. The molecule has 0 aliphatic carbocycles. The maximum atomic E-state index is 4.53. The molecule has 1 aromatic heterocycles. The third kappa shape index (κ3) is 4.20. The zero-order valence-corrected chi connectivity index (χ0v) is 12.4. The highest BCUT2D eigenvalue weighted by molar-refractivity contribution is 5.42. The Morgan fingerprint density at radius 3 is 3.05 bits per heavy atom. The van der Waals surface area contributed by atoms with Crippen LogP contribution in [0.1, 0.15) is 51.6 Å². The maximum absolute atomic E-state index is 4.53. The summed E-state index contributed by atoms with van der Waals surface area (Å²) in [5.41, 5.74) is 2.39. The molecule has 0 saturated carbocycles. The fourth-order valence-corrected chi connectivity index (χ4v) is 3.02. The van der Waals surface area contributed by atoms with Crippen molar-refractivity contribution >= 4 is 5.69 Å². The first-order valence-electron chi connectivity index (χ1n) is 7.76. The van der Waals surface area contributed by atoms with Gasteiger partial charge in [0.1, 0.15) is 0 Å². The van der Waals surface area contributed by atoms with Crippen LogP contribution in [0.15, 0.2) is 18.3 Å². The van der Waals surface area contributed by atoms with E-state index >= 15 is 0 Å². The molecule has 3 nitrogen and oxygen atoms in total. The third-order valence-corrected chi connectivity index (χ3v) is 3.93. The average Bonchev–Trinajstić information content (AvgIpc) is 2.42. The molecule has 0 bridgehead atoms. The van der Waals surface area contributed by atoms with Crippen LogP contribution in [0.2, 0.25) is 0 Å². The Kier molecular flexibility index (Phi) is 5.64. The van der Waals surface area contributed by atoms with Crippen molar-refractivity contribution in [2.24, 2.45) is 0 Å². The van der Waals surface area contributed by atoms with Crippen molar-refractivity contribution in [2.75, 3.05) is 18.4 Å². The molecule has 3 heteroatoms. The van der Waals surface area contributed by atoms with E-state index in [9.17, 15) is 0 Å². The second kappa shape index (κ2) is 7.49. The molecule has 0 aromatic carbocycles. The summed E-state index contributed by atoms with van der Waals surface area (Å²) in [5, 5.41) is 3.36. The SMILES string of the molecule is CCCC1CCCCN1Cc1cc(NCC)ccn1. The number of hydrogen-bond donors (Lipinski definition) is 1. The summed E-state index contributed by atoms with van der Waals surface area (Å²) in [6.45, 7) is 7.62. The van der Waals surface area contributed by atoms with E-state index in [2.05, 4.69) is 35.1 Å². The number of rotatable bonds is 6. The van der Waals surface area contributed by atoms with Crippen molar-refractivity contribution in [1.29, 1.82) is 0 Å². The standard InChI is InChI=1S/C16H27N3/c1-3-7-16-8-5-6-11-19(16)13-15-12-14(17-4-2)9-10-18-15/h9-10,12,16H,3-8,11,13H2,1-2H3,(H,17,18). The van der Waals surface area contributed by atoms with Gasteiger partial charge in [-0.15, -0.1) is 0 Å². The number of nitrogens with one attached hydrogen (secondary N) is 1. The molecule has 0 amide bonds. The fraction of sp³-hybridized carbons (Fsp3) is 0.688. The van der Waals surface area contributed by atoms with Crippen molar-refractivity contribution < 1.29 is 0 Å². The molecule has 1 saturated heterocycles. The van der Waals surface area contributed by atoms with Gasteiger partial charge in [0, 0.05) is 31.0 Å². The summed E-state index contributed by atoms with van der Waals surface area (Å²) in [6.07, 6.45) is 8.63. The van der Waals surface area contributed by atoms with E-state index in [4.69, 9.17) is 0 Å². The van der Waals surface area contributed by atoms with Crippen LogP contribution >= 0.6 is 0 Å². The van der Waals surface area contributed by atoms with Gasteiger partial charge in [0.15, 0.2) is 0 Å². The Balaban J connectivity index is 1.99. The van der Waals surface area contributed by atoms with Crippen LogP contribution in [-0.4, -0.2) is 29.0 Å². The molecule has 1 fully saturated rings. The van der Waals surface area contributed by atoms with Crippen LogP contribution in [0, 0.1) is 0 Å². The maximum Gasteiger partial charge on any atom is 0.0564 e. The lowest BCUT2D eigenvalue weighted by Crippen LogP contribution is -2.39. The zero-order valence-electron chi connectivity index (χ0n) is 12.4. The summed E-state index contributed by atoms with van der Waals surface area (Å²) >= 11 is 0. The molecule has 19 heavy (non-hydrogen) atoms. The zero-order chi connectivity index (χ0) is 13.5. The normalized spacial score (nSPS) is 20.4. The highest BCUT2D eigenvalue weighted by atomic mass is 15.2. The van der Waals surface area contributed by atoms with E-state index in [0.717, 1.165) is 19.1 Å². The number of pyridine rings is 1. The van der Waals surface area contributed by atoms with Crippen LogP contribution < -0.4 is 5.32 Å². The van der Waals surface area contributed by atoms with Crippen molar-refractivity contribution in [2.45, 2.75) is 58.5 Å². The van der Waals surface area contributed by atoms with Gasteiger partial charge in [-0.3, -0.25) is 9.88 Å². The lowest BCUT2D eigenvalue weighted by Gasteiger charge is -2.35. The van der Waals surface area contributed by atoms with E-state index in [1.807, 2.05) is 12.3 Å². The number of piperidine rings is 1. The number of aromatic nitrogens is 1. The van der Waals surface area contributed by atoms with Gasteiger partial charge >= 0.3 is 0 Å². The van der Waals surface area contributed by atoms with Crippen molar-refractivity contribution in [3.63, 3.8) is 0 Å². The Bertz CT molecular complexity index is 376. The summed E-state index contributed by atoms with van der Waals surface area (Å²) in [5.74, 6) is 0. The molecule has 1 unspecified atom stereocenters. The quantitative estimate of drug-likeness (QED) is 0.847. The molecular formula is C16H27N3. The molecular weight excluding hydrogens is 234 g/mol. The summed E-state index contributed by atoms with van der Waals surface area (Å²) < 4.78 is 0. The van der Waals surface area contributed by atoms with Crippen LogP contribution in [-0.2, 0) is 6.54 Å². The Morgan fingerprint density at radius 1 is 1.37 bits per heavy atom. The minimum Gasteiger partial charge on any atom is -0.385 e. The predicted molar refractivity (Wildman–Crippen MR) is 81.4 cm³/mol. The highest BCUT2D eigenvalue weighted by Gasteiger charge is 2.21. The number of anilines is 1. The Labute approximate surface area is 117 Å². The lowest BCUT2D eigenvalue weighted by atomic mass is 9.98. The molecule has 1 aromatic rings. The van der Waals surface area contributed by atoms with Crippen LogP contribution in [0.3, 0.4) is 0 Å². The second-order valence-electron chi connectivity index (χ2n) is 5.47. The Hall–Kier alpha value is -1.09. The van der Waals surface area contributed by atoms with Gasteiger partial charge in [-0.25, -0.2) is 0 Å². The largest absolute Gasteiger partial charge is 0.385 e. The number of likely N-dealkylation sites (tertiary alicyclic amines) is 1. The molecule has 1 aliphatic rings. The summed E-state index contributed by atoms with van der Waals surface area (Å²) in [4.78, 5) is 7.16. The second-order valence-corrected chi connectivity index (χ2v) is 5.47. The van der Waals surface area contributed by atoms with Gasteiger partial charge in [-0.1, -0.05) is 19.8 Å². The molecule has 2 rings (SSSR count).